The molecular formula is C18H13ClN2O3S. The minimum Gasteiger partial charge on any atom is -0.478 e. The lowest BCUT2D eigenvalue weighted by atomic mass is 10.1. The topological polar surface area (TPSA) is 70.0 Å². The molecule has 1 fully saturated rings. The van der Waals surface area contributed by atoms with E-state index in [0.29, 0.717) is 20.8 Å². The molecule has 0 saturated carbocycles. The van der Waals surface area contributed by atoms with E-state index in [4.69, 9.17) is 16.7 Å². The van der Waals surface area contributed by atoms with Gasteiger partial charge in [-0.25, -0.2) is 9.79 Å². The van der Waals surface area contributed by atoms with Crippen molar-refractivity contribution in [1.29, 1.82) is 0 Å². The molecule has 0 aromatic heterocycles. The van der Waals surface area contributed by atoms with Crippen LogP contribution in [0.15, 0.2) is 58.4 Å². The van der Waals surface area contributed by atoms with Crippen LogP contribution in [0.4, 0.5) is 5.69 Å². The van der Waals surface area contributed by atoms with E-state index in [9.17, 15) is 9.59 Å². The van der Waals surface area contributed by atoms with Crippen molar-refractivity contribution >= 4 is 52.2 Å². The Balaban J connectivity index is 1.85. The molecule has 5 nitrogen and oxygen atoms in total. The average molecular weight is 373 g/mol. The molecule has 7 heteroatoms. The lowest BCUT2D eigenvalue weighted by molar-refractivity contribution is -0.121. The highest BCUT2D eigenvalue weighted by molar-refractivity contribution is 8.18. The van der Waals surface area contributed by atoms with Crippen LogP contribution in [0, 0.1) is 0 Å². The van der Waals surface area contributed by atoms with Crippen LogP contribution in [0.2, 0.25) is 5.02 Å². The normalized spacial score (nSPS) is 17.5. The molecule has 2 aromatic carbocycles. The number of carbonyl (C=O) groups excluding carboxylic acids is 1. The van der Waals surface area contributed by atoms with Crippen LogP contribution in [-0.4, -0.2) is 34.1 Å². The lowest BCUT2D eigenvalue weighted by Gasteiger charge is -2.07. The molecule has 0 spiro atoms. The van der Waals surface area contributed by atoms with Crippen molar-refractivity contribution in [2.75, 3.05) is 7.05 Å². The Labute approximate surface area is 153 Å². The Bertz CT molecular complexity index is 890. The predicted molar refractivity (Wildman–Crippen MR) is 100 cm³/mol. The van der Waals surface area contributed by atoms with Gasteiger partial charge in [0.25, 0.3) is 5.91 Å². The molecule has 3 rings (SSSR count). The third-order valence-corrected chi connectivity index (χ3v) is 4.82. The molecule has 126 valence electrons. The van der Waals surface area contributed by atoms with Crippen molar-refractivity contribution in [3.8, 4) is 0 Å². The fourth-order valence-corrected chi connectivity index (χ4v) is 3.26. The first-order chi connectivity index (χ1) is 11.9. The Morgan fingerprint density at radius 2 is 1.80 bits per heavy atom. The quantitative estimate of drug-likeness (QED) is 0.817. The monoisotopic (exact) mass is 372 g/mol. The zero-order chi connectivity index (χ0) is 18.0. The second kappa shape index (κ2) is 7.13. The standard InChI is InChI=1S/C18H13ClN2O3S/c1-21-16(22)15(10-11-2-4-12(5-3-11)17(23)24)25-18(21)20-14-8-6-13(19)7-9-14/h2-10H,1H3,(H,23,24). The molecule has 0 radical (unpaired) electrons. The van der Waals surface area contributed by atoms with Gasteiger partial charge < -0.3 is 5.11 Å². The van der Waals surface area contributed by atoms with E-state index >= 15 is 0 Å². The number of amidine groups is 1. The second-order valence-corrected chi connectivity index (χ2v) is 6.72. The maximum absolute atomic E-state index is 12.4. The number of likely N-dealkylation sites (N-methyl/N-ethyl adjacent to an activating group) is 1. The molecule has 25 heavy (non-hydrogen) atoms. The summed E-state index contributed by atoms with van der Waals surface area (Å²) in [4.78, 5) is 29.7. The van der Waals surface area contributed by atoms with Gasteiger partial charge in [-0.1, -0.05) is 23.7 Å². The second-order valence-electron chi connectivity index (χ2n) is 5.27. The Morgan fingerprint density at radius 1 is 1.16 bits per heavy atom. The molecule has 1 heterocycles. The number of rotatable bonds is 3. The molecule has 0 aliphatic carbocycles. The molecule has 0 unspecified atom stereocenters. The van der Waals surface area contributed by atoms with E-state index in [1.54, 1.807) is 49.5 Å². The first kappa shape index (κ1) is 17.3. The van der Waals surface area contributed by atoms with Crippen molar-refractivity contribution in [2.45, 2.75) is 0 Å². The van der Waals surface area contributed by atoms with Crippen molar-refractivity contribution in [3.63, 3.8) is 0 Å². The minimum absolute atomic E-state index is 0.153. The van der Waals surface area contributed by atoms with E-state index in [2.05, 4.69) is 4.99 Å². The number of aliphatic imine (C=N–C) groups is 1. The van der Waals surface area contributed by atoms with Gasteiger partial charge in [0.05, 0.1) is 16.2 Å². The third kappa shape index (κ3) is 3.92. The first-order valence-electron chi connectivity index (χ1n) is 7.29. The van der Waals surface area contributed by atoms with Gasteiger partial charge in [0.1, 0.15) is 0 Å². The highest BCUT2D eigenvalue weighted by atomic mass is 35.5. The number of hydrogen-bond acceptors (Lipinski definition) is 4. The van der Waals surface area contributed by atoms with Gasteiger partial charge in [-0.05, 0) is 59.8 Å². The summed E-state index contributed by atoms with van der Waals surface area (Å²) in [7, 11) is 1.67. The number of benzene rings is 2. The van der Waals surface area contributed by atoms with Crippen LogP contribution in [0.25, 0.3) is 6.08 Å². The highest BCUT2D eigenvalue weighted by Crippen LogP contribution is 2.33. The smallest absolute Gasteiger partial charge is 0.335 e. The molecular weight excluding hydrogens is 360 g/mol. The van der Waals surface area contributed by atoms with Gasteiger partial charge in [-0.2, -0.15) is 0 Å². The summed E-state index contributed by atoms with van der Waals surface area (Å²) in [5.41, 5.74) is 1.66. The number of amides is 1. The number of thioether (sulfide) groups is 1. The molecule has 1 amide bonds. The molecule has 1 N–H and O–H groups in total. The predicted octanol–water partition coefficient (Wildman–Crippen LogP) is 4.27. The number of carboxylic acid groups (broad SMARTS) is 1. The number of aromatic carboxylic acids is 1. The van der Waals surface area contributed by atoms with E-state index in [0.717, 1.165) is 5.56 Å². The number of carbonyl (C=O) groups is 2. The van der Waals surface area contributed by atoms with Crippen LogP contribution in [0.5, 0.6) is 0 Å². The first-order valence-corrected chi connectivity index (χ1v) is 8.49. The molecule has 1 aliphatic heterocycles. The van der Waals surface area contributed by atoms with Crippen molar-refractivity contribution in [2.24, 2.45) is 4.99 Å². The third-order valence-electron chi connectivity index (χ3n) is 3.51. The van der Waals surface area contributed by atoms with E-state index in [1.807, 2.05) is 0 Å². The maximum Gasteiger partial charge on any atom is 0.335 e. The van der Waals surface area contributed by atoms with Crippen LogP contribution >= 0.6 is 23.4 Å². The zero-order valence-electron chi connectivity index (χ0n) is 13.1. The van der Waals surface area contributed by atoms with Gasteiger partial charge in [0, 0.05) is 12.1 Å². The van der Waals surface area contributed by atoms with Crippen molar-refractivity contribution in [1.82, 2.24) is 4.90 Å². The fourth-order valence-electron chi connectivity index (χ4n) is 2.15. The van der Waals surface area contributed by atoms with E-state index in [-0.39, 0.29) is 11.5 Å². The Kier molecular flexibility index (Phi) is 4.92. The summed E-state index contributed by atoms with van der Waals surface area (Å²) >= 11 is 7.13. The minimum atomic E-state index is -0.984. The van der Waals surface area contributed by atoms with Crippen LogP contribution < -0.4 is 0 Å². The summed E-state index contributed by atoms with van der Waals surface area (Å²) < 4.78 is 0. The number of hydrogen-bond donors (Lipinski definition) is 1. The highest BCUT2D eigenvalue weighted by Gasteiger charge is 2.30. The van der Waals surface area contributed by atoms with Crippen LogP contribution in [0.1, 0.15) is 15.9 Å². The molecule has 1 aliphatic rings. The Morgan fingerprint density at radius 3 is 2.40 bits per heavy atom. The van der Waals surface area contributed by atoms with Crippen molar-refractivity contribution < 1.29 is 14.7 Å². The average Bonchev–Trinajstić information content (AvgIpc) is 2.85. The van der Waals surface area contributed by atoms with Gasteiger partial charge in [0.2, 0.25) is 0 Å². The lowest BCUT2D eigenvalue weighted by Crippen LogP contribution is -2.23. The largest absolute Gasteiger partial charge is 0.478 e. The number of halogens is 1. The number of carboxylic acids is 1. The van der Waals surface area contributed by atoms with Crippen LogP contribution in [-0.2, 0) is 4.79 Å². The van der Waals surface area contributed by atoms with Crippen LogP contribution in [0.3, 0.4) is 0 Å². The summed E-state index contributed by atoms with van der Waals surface area (Å²) in [5, 5.41) is 10.1. The Hall–Kier alpha value is -2.57. The van der Waals surface area contributed by atoms with Gasteiger partial charge in [-0.3, -0.25) is 9.69 Å². The van der Waals surface area contributed by atoms with Crippen molar-refractivity contribution in [3.05, 3.63) is 69.6 Å². The fraction of sp³-hybridized carbons (Fsp3) is 0.0556. The summed E-state index contributed by atoms with van der Waals surface area (Å²) in [6.45, 7) is 0. The van der Waals surface area contributed by atoms with Gasteiger partial charge in [0.15, 0.2) is 5.17 Å². The van der Waals surface area contributed by atoms with Gasteiger partial charge >= 0.3 is 5.97 Å². The summed E-state index contributed by atoms with van der Waals surface area (Å²) in [5.74, 6) is -1.14. The summed E-state index contributed by atoms with van der Waals surface area (Å²) in [6.07, 6.45) is 1.72. The molecule has 0 bridgehead atoms. The zero-order valence-corrected chi connectivity index (χ0v) is 14.7. The maximum atomic E-state index is 12.4. The van der Waals surface area contributed by atoms with E-state index in [1.165, 1.54) is 28.8 Å². The summed E-state index contributed by atoms with van der Waals surface area (Å²) in [6, 6.07) is 13.4. The molecule has 1 saturated heterocycles. The van der Waals surface area contributed by atoms with E-state index < -0.39 is 5.97 Å². The molecule has 0 atom stereocenters. The SMILES string of the molecule is CN1C(=O)C(=Cc2ccc(C(=O)O)cc2)SC1=Nc1ccc(Cl)cc1. The number of nitrogens with zero attached hydrogens (tertiary/aromatic N) is 2. The van der Waals surface area contributed by atoms with Gasteiger partial charge in [-0.15, -0.1) is 0 Å². The molecule has 2 aromatic rings.